The smallest absolute Gasteiger partial charge is 0.0490 e. The van der Waals surface area contributed by atoms with Crippen molar-refractivity contribution in [2.45, 2.75) is 6.42 Å². The summed E-state index contributed by atoms with van der Waals surface area (Å²) < 4.78 is 2.30. The zero-order valence-electron chi connectivity index (χ0n) is 22.5. The van der Waals surface area contributed by atoms with E-state index in [1.807, 2.05) is 0 Å². The van der Waals surface area contributed by atoms with Gasteiger partial charge in [0.25, 0.3) is 0 Å². The van der Waals surface area contributed by atoms with Crippen LogP contribution >= 0.6 is 0 Å². The predicted molar refractivity (Wildman–Crippen MR) is 170 cm³/mol. The average Bonchev–Trinajstić information content (AvgIpc) is 3.30. The highest BCUT2D eigenvalue weighted by Crippen LogP contribution is 2.39. The Morgan fingerprint density at radius 3 is 1.57 bits per heavy atom. The molecule has 1 heterocycles. The fraction of sp³-hybridized carbons (Fsp3) is 0.0526. The Bertz CT molecular complexity index is 1860. The molecule has 0 atom stereocenters. The number of fused-ring (bicyclic) bond motifs is 3. The highest BCUT2D eigenvalue weighted by atomic mass is 15.1. The van der Waals surface area contributed by atoms with E-state index < -0.39 is 0 Å². The van der Waals surface area contributed by atoms with E-state index in [2.05, 4.69) is 168 Å². The van der Waals surface area contributed by atoms with Gasteiger partial charge in [0, 0.05) is 45.9 Å². The van der Waals surface area contributed by atoms with Gasteiger partial charge in [-0.25, -0.2) is 0 Å². The van der Waals surface area contributed by atoms with Crippen molar-refractivity contribution in [3.63, 3.8) is 0 Å². The van der Waals surface area contributed by atoms with Gasteiger partial charge in [0.05, 0.1) is 0 Å². The molecule has 7 aromatic rings. The highest BCUT2D eigenvalue weighted by Gasteiger charge is 2.16. The van der Waals surface area contributed by atoms with Gasteiger partial charge in [-0.1, -0.05) is 97.1 Å². The molecule has 0 aliphatic rings. The van der Waals surface area contributed by atoms with Gasteiger partial charge in [0.2, 0.25) is 0 Å². The topological polar surface area (TPSA) is 8.17 Å². The highest BCUT2D eigenvalue weighted by molar-refractivity contribution is 6.10. The Morgan fingerprint density at radius 1 is 0.450 bits per heavy atom. The molecule has 0 spiro atoms. The minimum absolute atomic E-state index is 0.950. The van der Waals surface area contributed by atoms with E-state index in [9.17, 15) is 0 Å². The number of benzene rings is 6. The fourth-order valence-corrected chi connectivity index (χ4v) is 5.77. The molecule has 0 fully saturated rings. The van der Waals surface area contributed by atoms with Gasteiger partial charge in [0.15, 0.2) is 0 Å². The van der Waals surface area contributed by atoms with Gasteiger partial charge < -0.3 is 9.47 Å². The van der Waals surface area contributed by atoms with Gasteiger partial charge in [-0.2, -0.15) is 0 Å². The third kappa shape index (κ3) is 4.44. The first-order valence-electron chi connectivity index (χ1n) is 13.8. The van der Waals surface area contributed by atoms with Crippen LogP contribution in [0.3, 0.4) is 0 Å². The standard InChI is InChI=1S/C38H30N2/c1-39-37-23-21-31(30-19-17-29(18-20-30)25-28-11-5-2-6-12-28)26-35(37)36-27-34(22-24-38(36)39)40(32-13-7-3-8-14-32)33-15-9-4-10-16-33/h2-24,26-27H,25H2,1H3. The molecule has 1 aromatic heterocycles. The molecule has 40 heavy (non-hydrogen) atoms. The minimum Gasteiger partial charge on any atom is -0.344 e. The summed E-state index contributed by atoms with van der Waals surface area (Å²) in [5.74, 6) is 0. The Labute approximate surface area is 235 Å². The van der Waals surface area contributed by atoms with E-state index in [-0.39, 0.29) is 0 Å². The van der Waals surface area contributed by atoms with Crippen LogP contribution in [0.5, 0.6) is 0 Å². The van der Waals surface area contributed by atoms with Crippen molar-refractivity contribution in [2.75, 3.05) is 4.90 Å². The summed E-state index contributed by atoms with van der Waals surface area (Å²) in [6.07, 6.45) is 0.950. The lowest BCUT2D eigenvalue weighted by atomic mass is 9.99. The number of para-hydroxylation sites is 2. The molecule has 0 saturated heterocycles. The summed E-state index contributed by atoms with van der Waals surface area (Å²) in [7, 11) is 2.16. The van der Waals surface area contributed by atoms with E-state index in [1.54, 1.807) is 0 Å². The molecule has 0 saturated carbocycles. The van der Waals surface area contributed by atoms with Crippen molar-refractivity contribution in [1.82, 2.24) is 4.57 Å². The second kappa shape index (κ2) is 10.2. The van der Waals surface area contributed by atoms with Crippen LogP contribution in [-0.4, -0.2) is 4.57 Å². The van der Waals surface area contributed by atoms with E-state index in [0.717, 1.165) is 23.5 Å². The van der Waals surface area contributed by atoms with Gasteiger partial charge in [-0.15, -0.1) is 0 Å². The van der Waals surface area contributed by atoms with Gasteiger partial charge in [-0.05, 0) is 83.3 Å². The molecule has 2 nitrogen and oxygen atoms in total. The maximum Gasteiger partial charge on any atom is 0.0490 e. The SMILES string of the molecule is Cn1c2ccc(-c3ccc(Cc4ccccc4)cc3)cc2c2cc(N(c3ccccc3)c3ccccc3)ccc21. The summed E-state index contributed by atoms with van der Waals surface area (Å²) in [4.78, 5) is 2.33. The van der Waals surface area contributed by atoms with Gasteiger partial charge >= 0.3 is 0 Å². The Kier molecular flexibility index (Phi) is 6.14. The van der Waals surface area contributed by atoms with Crippen molar-refractivity contribution in [3.8, 4) is 11.1 Å². The molecule has 0 bridgehead atoms. The number of anilines is 3. The van der Waals surface area contributed by atoms with Crippen LogP contribution in [0.1, 0.15) is 11.1 Å². The number of aromatic nitrogens is 1. The van der Waals surface area contributed by atoms with E-state index in [0.29, 0.717) is 0 Å². The molecule has 2 heteroatoms. The predicted octanol–water partition coefficient (Wildman–Crippen LogP) is 10.1. The number of nitrogens with zero attached hydrogens (tertiary/aromatic N) is 2. The Balaban J connectivity index is 1.31. The quantitative estimate of drug-likeness (QED) is 0.214. The largest absolute Gasteiger partial charge is 0.344 e. The lowest BCUT2D eigenvalue weighted by molar-refractivity contribution is 1.01. The maximum absolute atomic E-state index is 2.35. The second-order valence-electron chi connectivity index (χ2n) is 10.4. The van der Waals surface area contributed by atoms with Gasteiger partial charge in [0.1, 0.15) is 0 Å². The fourth-order valence-electron chi connectivity index (χ4n) is 5.77. The minimum atomic E-state index is 0.950. The number of aryl methyl sites for hydroxylation is 1. The monoisotopic (exact) mass is 514 g/mol. The van der Waals surface area contributed by atoms with Crippen molar-refractivity contribution in [3.05, 3.63) is 163 Å². The molecular weight excluding hydrogens is 484 g/mol. The van der Waals surface area contributed by atoms with Crippen molar-refractivity contribution < 1.29 is 0 Å². The third-order valence-electron chi connectivity index (χ3n) is 7.81. The Hall–Kier alpha value is -5.08. The molecule has 0 aliphatic heterocycles. The van der Waals surface area contributed by atoms with E-state index >= 15 is 0 Å². The summed E-state index contributed by atoms with van der Waals surface area (Å²) in [5.41, 5.74) is 11.0. The maximum atomic E-state index is 2.35. The molecule has 6 aromatic carbocycles. The van der Waals surface area contributed by atoms with E-state index in [4.69, 9.17) is 0 Å². The van der Waals surface area contributed by atoms with Crippen LogP contribution in [0.4, 0.5) is 17.1 Å². The molecule has 192 valence electrons. The molecule has 0 radical (unpaired) electrons. The Morgan fingerprint density at radius 2 is 0.950 bits per heavy atom. The average molecular weight is 515 g/mol. The van der Waals surface area contributed by atoms with Crippen LogP contribution in [-0.2, 0) is 13.5 Å². The van der Waals surface area contributed by atoms with Crippen LogP contribution < -0.4 is 4.90 Å². The van der Waals surface area contributed by atoms with Crippen molar-refractivity contribution in [1.29, 1.82) is 0 Å². The first-order chi connectivity index (χ1) is 19.7. The first-order valence-corrected chi connectivity index (χ1v) is 13.8. The lowest BCUT2D eigenvalue weighted by Gasteiger charge is -2.25. The molecule has 0 amide bonds. The summed E-state index contributed by atoms with van der Waals surface area (Å²) in [6.45, 7) is 0. The van der Waals surface area contributed by atoms with Crippen LogP contribution in [0.2, 0.25) is 0 Å². The third-order valence-corrected chi connectivity index (χ3v) is 7.81. The zero-order valence-corrected chi connectivity index (χ0v) is 22.5. The molecule has 0 aliphatic carbocycles. The first kappa shape index (κ1) is 24.0. The van der Waals surface area contributed by atoms with Crippen molar-refractivity contribution >= 4 is 38.9 Å². The molecular formula is C38H30N2. The second-order valence-corrected chi connectivity index (χ2v) is 10.4. The molecule has 0 unspecified atom stereocenters. The van der Waals surface area contributed by atoms with Gasteiger partial charge in [-0.3, -0.25) is 0 Å². The molecule has 7 rings (SSSR count). The molecule has 0 N–H and O–H groups in total. The van der Waals surface area contributed by atoms with Crippen LogP contribution in [0.25, 0.3) is 32.9 Å². The summed E-state index contributed by atoms with van der Waals surface area (Å²) in [6, 6.07) is 54.5. The summed E-state index contributed by atoms with van der Waals surface area (Å²) >= 11 is 0. The number of hydrogen-bond acceptors (Lipinski definition) is 1. The van der Waals surface area contributed by atoms with Crippen LogP contribution in [0, 0.1) is 0 Å². The zero-order chi connectivity index (χ0) is 26.9. The van der Waals surface area contributed by atoms with Crippen LogP contribution in [0.15, 0.2) is 152 Å². The number of hydrogen-bond donors (Lipinski definition) is 0. The summed E-state index contributed by atoms with van der Waals surface area (Å²) in [5, 5.41) is 2.53. The number of rotatable bonds is 6. The van der Waals surface area contributed by atoms with Crippen molar-refractivity contribution in [2.24, 2.45) is 7.05 Å². The van der Waals surface area contributed by atoms with E-state index in [1.165, 1.54) is 44.1 Å². The lowest BCUT2D eigenvalue weighted by Crippen LogP contribution is -2.09. The normalized spacial score (nSPS) is 11.2.